The van der Waals surface area contributed by atoms with Crippen LogP contribution in [0.4, 0.5) is 0 Å². The number of ether oxygens (including phenoxy) is 1. The monoisotopic (exact) mass is 387 g/mol. The van der Waals surface area contributed by atoms with E-state index >= 15 is 0 Å². The topological polar surface area (TPSA) is 62.4 Å². The summed E-state index contributed by atoms with van der Waals surface area (Å²) in [5, 5.41) is 3.61. The molecule has 0 bridgehead atoms. The first kappa shape index (κ1) is 19.7. The third kappa shape index (κ3) is 5.45. The number of amides is 1. The van der Waals surface area contributed by atoms with Gasteiger partial charge in [-0.15, -0.1) is 0 Å². The number of carbonyl (C=O) groups is 1. The summed E-state index contributed by atoms with van der Waals surface area (Å²) >= 11 is 6.13. The number of benzene rings is 2. The molecular formula is C21H26ClN3O2. The Morgan fingerprint density at radius 2 is 1.96 bits per heavy atom. The van der Waals surface area contributed by atoms with Crippen molar-refractivity contribution >= 4 is 17.5 Å². The van der Waals surface area contributed by atoms with Gasteiger partial charge in [-0.25, -0.2) is 10.9 Å². The molecule has 3 N–H and O–H groups in total. The zero-order valence-corrected chi connectivity index (χ0v) is 16.3. The molecule has 1 aliphatic rings. The maximum atomic E-state index is 12.4. The lowest BCUT2D eigenvalue weighted by Crippen LogP contribution is -2.42. The highest BCUT2D eigenvalue weighted by atomic mass is 35.5. The van der Waals surface area contributed by atoms with Crippen molar-refractivity contribution in [3.63, 3.8) is 0 Å². The third-order valence-electron chi connectivity index (χ3n) is 4.68. The maximum Gasteiger partial charge on any atom is 0.238 e. The Kier molecular flexibility index (Phi) is 7.10. The molecule has 2 atom stereocenters. The maximum absolute atomic E-state index is 12.4. The van der Waals surface area contributed by atoms with Crippen molar-refractivity contribution in [1.82, 2.24) is 16.2 Å². The van der Waals surface area contributed by atoms with Crippen molar-refractivity contribution in [3.05, 3.63) is 64.7 Å². The van der Waals surface area contributed by atoms with E-state index in [0.29, 0.717) is 18.0 Å². The lowest BCUT2D eigenvalue weighted by molar-refractivity contribution is -0.123. The Morgan fingerprint density at radius 1 is 1.19 bits per heavy atom. The number of nitrogens with one attached hydrogen (secondary N) is 3. The normalized spacial score (nSPS) is 19.0. The molecule has 6 heteroatoms. The summed E-state index contributed by atoms with van der Waals surface area (Å²) in [6, 6.07) is 15.4. The van der Waals surface area contributed by atoms with Crippen LogP contribution >= 0.6 is 11.6 Å². The highest BCUT2D eigenvalue weighted by Gasteiger charge is 2.30. The van der Waals surface area contributed by atoms with E-state index < -0.39 is 0 Å². The summed E-state index contributed by atoms with van der Waals surface area (Å²) in [4.78, 5) is 12.4. The second-order valence-electron chi connectivity index (χ2n) is 6.71. The van der Waals surface area contributed by atoms with Crippen molar-refractivity contribution in [1.29, 1.82) is 0 Å². The molecule has 0 aliphatic carbocycles. The Morgan fingerprint density at radius 3 is 2.70 bits per heavy atom. The molecule has 0 saturated carbocycles. The Balaban J connectivity index is 1.49. The molecule has 2 aromatic carbocycles. The first-order chi connectivity index (χ1) is 13.2. The zero-order valence-electron chi connectivity index (χ0n) is 15.5. The summed E-state index contributed by atoms with van der Waals surface area (Å²) in [7, 11) is 0. The molecule has 1 saturated heterocycles. The highest BCUT2D eigenvalue weighted by molar-refractivity contribution is 6.31. The number of halogens is 1. The molecule has 0 aromatic heterocycles. The van der Waals surface area contributed by atoms with Gasteiger partial charge in [-0.2, -0.15) is 0 Å². The van der Waals surface area contributed by atoms with Crippen molar-refractivity contribution in [3.8, 4) is 5.75 Å². The van der Waals surface area contributed by atoms with Crippen molar-refractivity contribution in [2.75, 3.05) is 6.61 Å². The number of hydrogen-bond donors (Lipinski definition) is 3. The molecule has 27 heavy (non-hydrogen) atoms. The van der Waals surface area contributed by atoms with Crippen molar-refractivity contribution in [2.45, 2.75) is 44.8 Å². The quantitative estimate of drug-likeness (QED) is 0.604. The van der Waals surface area contributed by atoms with Gasteiger partial charge in [0.2, 0.25) is 5.91 Å². The van der Waals surface area contributed by atoms with Gasteiger partial charge >= 0.3 is 0 Å². The number of rotatable bonds is 8. The number of unbranched alkanes of at least 4 members (excludes halogenated alkanes) is 1. The molecule has 3 rings (SSSR count). The molecule has 144 valence electrons. The lowest BCUT2D eigenvalue weighted by Gasteiger charge is -2.12. The fraction of sp³-hybridized carbons (Fsp3) is 0.381. The average Bonchev–Trinajstić information content (AvgIpc) is 3.18. The lowest BCUT2D eigenvalue weighted by atomic mass is 10.0. The second kappa shape index (κ2) is 9.74. The summed E-state index contributed by atoms with van der Waals surface area (Å²) in [6.45, 7) is 3.31. The van der Waals surface area contributed by atoms with Gasteiger partial charge in [0.1, 0.15) is 11.8 Å². The highest BCUT2D eigenvalue weighted by Crippen LogP contribution is 2.24. The summed E-state index contributed by atoms with van der Waals surface area (Å²) in [5.74, 6) is 0.844. The number of hydrogen-bond acceptors (Lipinski definition) is 4. The van der Waals surface area contributed by atoms with E-state index in [1.807, 2.05) is 48.5 Å². The van der Waals surface area contributed by atoms with Crippen LogP contribution in [-0.4, -0.2) is 18.6 Å². The van der Waals surface area contributed by atoms with Crippen LogP contribution in [0, 0.1) is 0 Å². The number of hydrazine groups is 1. The SMILES string of the molecule is CCCCOc1ccc(C2CC(C(=O)NCc3ccccc3Cl)NN2)cc1. The number of carbonyl (C=O) groups excluding carboxylic acids is 1. The predicted molar refractivity (Wildman–Crippen MR) is 108 cm³/mol. The Labute approximate surface area is 165 Å². The van der Waals surface area contributed by atoms with Crippen LogP contribution in [0.3, 0.4) is 0 Å². The van der Waals surface area contributed by atoms with Crippen LogP contribution in [0.1, 0.15) is 43.4 Å². The first-order valence-corrected chi connectivity index (χ1v) is 9.80. The Bertz CT molecular complexity index is 751. The van der Waals surface area contributed by atoms with Crippen LogP contribution in [0.2, 0.25) is 5.02 Å². The third-order valence-corrected chi connectivity index (χ3v) is 5.05. The fourth-order valence-electron chi connectivity index (χ4n) is 3.02. The molecule has 1 aliphatic heterocycles. The minimum atomic E-state index is -0.280. The van der Waals surface area contributed by atoms with Gasteiger partial charge in [0.15, 0.2) is 0 Å². The molecule has 0 spiro atoms. The minimum Gasteiger partial charge on any atom is -0.494 e. The van der Waals surface area contributed by atoms with Crippen LogP contribution < -0.4 is 20.9 Å². The molecule has 1 heterocycles. The Hall–Kier alpha value is -2.08. The summed E-state index contributed by atoms with van der Waals surface area (Å²) in [6.07, 6.45) is 2.86. The van der Waals surface area contributed by atoms with Crippen molar-refractivity contribution in [2.24, 2.45) is 0 Å². The molecule has 2 unspecified atom stereocenters. The zero-order chi connectivity index (χ0) is 19.1. The van der Waals surface area contributed by atoms with E-state index in [0.717, 1.165) is 36.3 Å². The van der Waals surface area contributed by atoms with Gasteiger partial charge in [-0.05, 0) is 42.2 Å². The van der Waals surface area contributed by atoms with Gasteiger partial charge in [-0.1, -0.05) is 55.3 Å². The van der Waals surface area contributed by atoms with Gasteiger partial charge < -0.3 is 10.1 Å². The van der Waals surface area contributed by atoms with Gasteiger partial charge in [-0.3, -0.25) is 4.79 Å². The standard InChI is InChI=1S/C21H26ClN3O2/c1-2-3-12-27-17-10-8-15(9-11-17)19-13-20(25-24-19)21(26)23-14-16-6-4-5-7-18(16)22/h4-11,19-20,24-25H,2-3,12-14H2,1H3,(H,23,26). The first-order valence-electron chi connectivity index (χ1n) is 9.42. The van der Waals surface area contributed by atoms with E-state index in [4.69, 9.17) is 16.3 Å². The van der Waals surface area contributed by atoms with Crippen LogP contribution in [-0.2, 0) is 11.3 Å². The molecule has 5 nitrogen and oxygen atoms in total. The largest absolute Gasteiger partial charge is 0.494 e. The second-order valence-corrected chi connectivity index (χ2v) is 7.12. The van der Waals surface area contributed by atoms with Gasteiger partial charge in [0.05, 0.1) is 6.61 Å². The molecule has 0 radical (unpaired) electrons. The summed E-state index contributed by atoms with van der Waals surface area (Å²) < 4.78 is 5.70. The van der Waals surface area contributed by atoms with E-state index in [1.54, 1.807) is 0 Å². The van der Waals surface area contributed by atoms with Crippen LogP contribution in [0.25, 0.3) is 0 Å². The van der Waals surface area contributed by atoms with Crippen LogP contribution in [0.15, 0.2) is 48.5 Å². The van der Waals surface area contributed by atoms with E-state index in [2.05, 4.69) is 23.1 Å². The summed E-state index contributed by atoms with van der Waals surface area (Å²) in [5.41, 5.74) is 8.34. The average molecular weight is 388 g/mol. The van der Waals surface area contributed by atoms with Crippen LogP contribution in [0.5, 0.6) is 5.75 Å². The molecular weight excluding hydrogens is 362 g/mol. The fourth-order valence-corrected chi connectivity index (χ4v) is 3.23. The van der Waals surface area contributed by atoms with Crippen molar-refractivity contribution < 1.29 is 9.53 Å². The van der Waals surface area contributed by atoms with Gasteiger partial charge in [0, 0.05) is 17.6 Å². The van der Waals surface area contributed by atoms with E-state index in [1.165, 1.54) is 0 Å². The predicted octanol–water partition coefficient (Wildman–Crippen LogP) is 3.74. The molecule has 1 fully saturated rings. The van der Waals surface area contributed by atoms with Gasteiger partial charge in [0.25, 0.3) is 0 Å². The van der Waals surface area contributed by atoms with E-state index in [9.17, 15) is 4.79 Å². The van der Waals surface area contributed by atoms with E-state index in [-0.39, 0.29) is 18.0 Å². The molecule has 2 aromatic rings. The smallest absolute Gasteiger partial charge is 0.238 e. The molecule has 1 amide bonds. The minimum absolute atomic E-state index is 0.0376.